The summed E-state index contributed by atoms with van der Waals surface area (Å²) in [5.41, 5.74) is 1.42. The Hall–Kier alpha value is -2.37. The fraction of sp³-hybridized carbons (Fsp3) is 0.308. The molecule has 0 radical (unpaired) electrons. The fourth-order valence-corrected chi connectivity index (χ4v) is 1.79. The molecule has 100 valence electrons. The Labute approximate surface area is 110 Å². The summed E-state index contributed by atoms with van der Waals surface area (Å²) in [6.45, 7) is 3.62. The van der Waals surface area contributed by atoms with Crippen LogP contribution in [0.3, 0.4) is 0 Å². The zero-order valence-corrected chi connectivity index (χ0v) is 11.2. The molecule has 0 saturated carbocycles. The van der Waals surface area contributed by atoms with Crippen molar-refractivity contribution in [2.45, 2.75) is 20.4 Å². The van der Waals surface area contributed by atoms with Gasteiger partial charge in [0.05, 0.1) is 6.54 Å². The van der Waals surface area contributed by atoms with Gasteiger partial charge >= 0.3 is 0 Å². The van der Waals surface area contributed by atoms with Gasteiger partial charge in [0.15, 0.2) is 0 Å². The summed E-state index contributed by atoms with van der Waals surface area (Å²) < 4.78 is 1.32. The molecule has 6 nitrogen and oxygen atoms in total. The summed E-state index contributed by atoms with van der Waals surface area (Å²) in [4.78, 5) is 27.8. The first-order valence-corrected chi connectivity index (χ1v) is 5.96. The van der Waals surface area contributed by atoms with E-state index in [-0.39, 0.29) is 11.1 Å². The number of nitrogens with zero attached hydrogens (tertiary/aromatic N) is 2. The molecule has 0 amide bonds. The molecule has 0 aliphatic carbocycles. The molecule has 2 rings (SSSR count). The van der Waals surface area contributed by atoms with Crippen LogP contribution in [0.1, 0.15) is 16.7 Å². The summed E-state index contributed by atoms with van der Waals surface area (Å²) in [6.07, 6.45) is 1.66. The molecule has 2 aromatic rings. The zero-order valence-electron chi connectivity index (χ0n) is 11.2. The third kappa shape index (κ3) is 2.57. The molecule has 2 heterocycles. The molecule has 2 aromatic heterocycles. The molecule has 0 unspecified atom stereocenters. The van der Waals surface area contributed by atoms with Gasteiger partial charge in [0, 0.05) is 24.4 Å². The average Bonchev–Trinajstić information content (AvgIpc) is 2.42. The lowest BCUT2D eigenvalue weighted by Crippen LogP contribution is -2.33. The molecule has 0 aliphatic rings. The standard InChI is InChI=1S/C13H16N4O2/c1-8-9(2)13(19)17(16-12(8)18)7-10-4-5-15-11(6-10)14-3/h4-6H,7H2,1-3H3,(H,14,15)(H,16,18). The summed E-state index contributed by atoms with van der Waals surface area (Å²) in [5.74, 6) is 0.719. The van der Waals surface area contributed by atoms with Crippen molar-refractivity contribution in [1.29, 1.82) is 0 Å². The van der Waals surface area contributed by atoms with E-state index >= 15 is 0 Å². The van der Waals surface area contributed by atoms with Gasteiger partial charge in [-0.05, 0) is 31.5 Å². The van der Waals surface area contributed by atoms with Gasteiger partial charge in [-0.3, -0.25) is 14.7 Å². The van der Waals surface area contributed by atoms with Crippen LogP contribution in [0.5, 0.6) is 0 Å². The van der Waals surface area contributed by atoms with Gasteiger partial charge in [0.1, 0.15) is 5.82 Å². The van der Waals surface area contributed by atoms with Crippen molar-refractivity contribution in [1.82, 2.24) is 14.8 Å². The second-order valence-corrected chi connectivity index (χ2v) is 4.38. The number of hydrogen-bond acceptors (Lipinski definition) is 4. The molecule has 0 fully saturated rings. The van der Waals surface area contributed by atoms with Crippen LogP contribution < -0.4 is 16.4 Å². The fourth-order valence-electron chi connectivity index (χ4n) is 1.79. The van der Waals surface area contributed by atoms with Crippen LogP contribution in [0.25, 0.3) is 0 Å². The third-order valence-electron chi connectivity index (χ3n) is 3.13. The number of hydrogen-bond donors (Lipinski definition) is 2. The van der Waals surface area contributed by atoms with Crippen LogP contribution in [0.4, 0.5) is 5.82 Å². The molecule has 6 heteroatoms. The van der Waals surface area contributed by atoms with E-state index in [2.05, 4.69) is 15.4 Å². The highest BCUT2D eigenvalue weighted by Crippen LogP contribution is 2.06. The topological polar surface area (TPSA) is 79.8 Å². The van der Waals surface area contributed by atoms with Gasteiger partial charge in [-0.1, -0.05) is 0 Å². The molecular weight excluding hydrogens is 244 g/mol. The predicted molar refractivity (Wildman–Crippen MR) is 73.7 cm³/mol. The normalized spacial score (nSPS) is 10.5. The van der Waals surface area contributed by atoms with Crippen LogP contribution >= 0.6 is 0 Å². The van der Waals surface area contributed by atoms with E-state index in [9.17, 15) is 9.59 Å². The Morgan fingerprint density at radius 2 is 2.05 bits per heavy atom. The van der Waals surface area contributed by atoms with E-state index in [1.54, 1.807) is 33.2 Å². The number of rotatable bonds is 3. The number of pyridine rings is 1. The van der Waals surface area contributed by atoms with E-state index in [1.807, 2.05) is 6.07 Å². The maximum Gasteiger partial charge on any atom is 0.268 e. The monoisotopic (exact) mass is 260 g/mol. The van der Waals surface area contributed by atoms with E-state index in [0.717, 1.165) is 11.4 Å². The molecule has 0 saturated heterocycles. The van der Waals surface area contributed by atoms with Crippen molar-refractivity contribution < 1.29 is 0 Å². The molecule has 2 N–H and O–H groups in total. The molecule has 0 atom stereocenters. The molecule has 19 heavy (non-hydrogen) atoms. The number of aromatic amines is 1. The van der Waals surface area contributed by atoms with Gasteiger partial charge in [-0.25, -0.2) is 9.67 Å². The van der Waals surface area contributed by atoms with E-state index in [0.29, 0.717) is 17.7 Å². The van der Waals surface area contributed by atoms with Gasteiger partial charge in [-0.2, -0.15) is 0 Å². The first kappa shape index (κ1) is 13.1. The van der Waals surface area contributed by atoms with Gasteiger partial charge < -0.3 is 5.32 Å². The summed E-state index contributed by atoms with van der Waals surface area (Å²) in [7, 11) is 1.77. The van der Waals surface area contributed by atoms with E-state index in [1.165, 1.54) is 4.68 Å². The average molecular weight is 260 g/mol. The second kappa shape index (κ2) is 5.09. The number of aromatic nitrogens is 3. The smallest absolute Gasteiger partial charge is 0.268 e. The largest absolute Gasteiger partial charge is 0.373 e. The Morgan fingerprint density at radius 1 is 1.32 bits per heavy atom. The van der Waals surface area contributed by atoms with Gasteiger partial charge in [0.25, 0.3) is 11.1 Å². The Morgan fingerprint density at radius 3 is 2.74 bits per heavy atom. The summed E-state index contributed by atoms with van der Waals surface area (Å²) >= 11 is 0. The van der Waals surface area contributed by atoms with Crippen LogP contribution in [-0.4, -0.2) is 21.8 Å². The number of H-pyrrole nitrogens is 1. The van der Waals surface area contributed by atoms with Crippen molar-refractivity contribution in [3.63, 3.8) is 0 Å². The van der Waals surface area contributed by atoms with Crippen molar-refractivity contribution in [3.8, 4) is 0 Å². The predicted octanol–water partition coefficient (Wildman–Crippen LogP) is 0.638. The van der Waals surface area contributed by atoms with Crippen LogP contribution in [0.2, 0.25) is 0 Å². The minimum absolute atomic E-state index is 0.181. The van der Waals surface area contributed by atoms with Crippen molar-refractivity contribution in [2.24, 2.45) is 0 Å². The maximum atomic E-state index is 12.1. The Balaban J connectivity index is 2.44. The van der Waals surface area contributed by atoms with E-state index < -0.39 is 0 Å². The van der Waals surface area contributed by atoms with Crippen molar-refractivity contribution in [2.75, 3.05) is 12.4 Å². The lowest BCUT2D eigenvalue weighted by Gasteiger charge is -2.09. The minimum atomic E-state index is -0.236. The molecule has 0 bridgehead atoms. The van der Waals surface area contributed by atoms with E-state index in [4.69, 9.17) is 0 Å². The maximum absolute atomic E-state index is 12.1. The highest BCUT2D eigenvalue weighted by Gasteiger charge is 2.07. The molecule has 0 aliphatic heterocycles. The summed E-state index contributed by atoms with van der Waals surface area (Å²) in [5, 5.41) is 5.51. The minimum Gasteiger partial charge on any atom is -0.373 e. The lowest BCUT2D eigenvalue weighted by atomic mass is 10.2. The third-order valence-corrected chi connectivity index (χ3v) is 3.13. The lowest BCUT2D eigenvalue weighted by molar-refractivity contribution is 0.618. The van der Waals surface area contributed by atoms with Crippen LogP contribution in [0, 0.1) is 13.8 Å². The highest BCUT2D eigenvalue weighted by atomic mass is 16.2. The van der Waals surface area contributed by atoms with Crippen molar-refractivity contribution in [3.05, 3.63) is 55.7 Å². The Kier molecular flexibility index (Phi) is 3.50. The first-order valence-electron chi connectivity index (χ1n) is 5.96. The second-order valence-electron chi connectivity index (χ2n) is 4.38. The van der Waals surface area contributed by atoms with Crippen LogP contribution in [-0.2, 0) is 6.54 Å². The van der Waals surface area contributed by atoms with Gasteiger partial charge in [-0.15, -0.1) is 0 Å². The molecular formula is C13H16N4O2. The SMILES string of the molecule is CNc1cc(Cn2[nH]c(=O)c(C)c(C)c2=O)ccn1. The summed E-state index contributed by atoms with van der Waals surface area (Å²) in [6, 6.07) is 3.64. The highest BCUT2D eigenvalue weighted by molar-refractivity contribution is 5.36. The molecule has 0 spiro atoms. The number of nitrogens with one attached hydrogen (secondary N) is 2. The Bertz CT molecular complexity index is 715. The number of anilines is 1. The molecule has 0 aromatic carbocycles. The van der Waals surface area contributed by atoms with Crippen molar-refractivity contribution >= 4 is 5.82 Å². The first-order chi connectivity index (χ1) is 9.02. The van der Waals surface area contributed by atoms with Crippen LogP contribution in [0.15, 0.2) is 27.9 Å². The quantitative estimate of drug-likeness (QED) is 0.848. The van der Waals surface area contributed by atoms with Gasteiger partial charge in [0.2, 0.25) is 0 Å². The zero-order chi connectivity index (χ0) is 14.0.